The lowest BCUT2D eigenvalue weighted by atomic mass is 9.98. The zero-order valence-electron chi connectivity index (χ0n) is 13.9. The first-order chi connectivity index (χ1) is 11.5. The van der Waals surface area contributed by atoms with Crippen molar-refractivity contribution < 1.29 is 9.59 Å². The molecule has 4 nitrogen and oxygen atoms in total. The molecule has 5 heteroatoms. The summed E-state index contributed by atoms with van der Waals surface area (Å²) in [5, 5.41) is 6.06. The van der Waals surface area contributed by atoms with Gasteiger partial charge in [0.15, 0.2) is 0 Å². The molecule has 0 saturated heterocycles. The first-order valence-corrected chi connectivity index (χ1v) is 8.25. The second kappa shape index (κ2) is 8.50. The molecule has 0 radical (unpaired) electrons. The average molecular weight is 345 g/mol. The minimum Gasteiger partial charge on any atom is -0.359 e. The largest absolute Gasteiger partial charge is 0.359 e. The average Bonchev–Trinajstić information content (AvgIpc) is 2.58. The van der Waals surface area contributed by atoms with E-state index in [1.54, 1.807) is 13.1 Å². The Bertz CT molecular complexity index is 724. The van der Waals surface area contributed by atoms with Crippen LogP contribution in [0.3, 0.4) is 0 Å². The van der Waals surface area contributed by atoms with Crippen LogP contribution in [0.5, 0.6) is 0 Å². The van der Waals surface area contributed by atoms with E-state index in [9.17, 15) is 9.59 Å². The van der Waals surface area contributed by atoms with Gasteiger partial charge in [0, 0.05) is 36.2 Å². The van der Waals surface area contributed by atoms with Gasteiger partial charge >= 0.3 is 0 Å². The molecule has 0 aliphatic carbocycles. The molecule has 126 valence electrons. The number of carbonyl (C=O) groups is 2. The van der Waals surface area contributed by atoms with Crippen LogP contribution in [0.25, 0.3) is 11.1 Å². The SMILES string of the molecule is CNC(=O)CCCNC(=O)c1cccc(-c2c(C)cccc2Cl)c1. The molecule has 2 rings (SSSR count). The lowest BCUT2D eigenvalue weighted by Gasteiger charge is -2.10. The lowest BCUT2D eigenvalue weighted by molar-refractivity contribution is -0.120. The summed E-state index contributed by atoms with van der Waals surface area (Å²) in [5.74, 6) is -0.182. The quantitative estimate of drug-likeness (QED) is 0.787. The van der Waals surface area contributed by atoms with Crippen molar-refractivity contribution in [3.05, 3.63) is 58.6 Å². The normalized spacial score (nSPS) is 10.3. The van der Waals surface area contributed by atoms with Crippen molar-refractivity contribution in [2.24, 2.45) is 0 Å². The summed E-state index contributed by atoms with van der Waals surface area (Å²) in [6.45, 7) is 2.45. The molecule has 2 amide bonds. The van der Waals surface area contributed by atoms with Crippen LogP contribution >= 0.6 is 11.6 Å². The maximum atomic E-state index is 12.3. The van der Waals surface area contributed by atoms with Gasteiger partial charge in [-0.05, 0) is 42.7 Å². The lowest BCUT2D eigenvalue weighted by Crippen LogP contribution is -2.26. The van der Waals surface area contributed by atoms with Crippen molar-refractivity contribution in [1.29, 1.82) is 0 Å². The third kappa shape index (κ3) is 4.59. The number of aryl methyl sites for hydroxylation is 1. The molecule has 24 heavy (non-hydrogen) atoms. The number of carbonyl (C=O) groups excluding carboxylic acids is 2. The molecule has 2 aromatic carbocycles. The van der Waals surface area contributed by atoms with E-state index in [2.05, 4.69) is 10.6 Å². The van der Waals surface area contributed by atoms with Crippen molar-refractivity contribution >= 4 is 23.4 Å². The van der Waals surface area contributed by atoms with Gasteiger partial charge in [0.05, 0.1) is 0 Å². The van der Waals surface area contributed by atoms with E-state index >= 15 is 0 Å². The third-order valence-corrected chi connectivity index (χ3v) is 4.10. The molecule has 0 atom stereocenters. The monoisotopic (exact) mass is 344 g/mol. The highest BCUT2D eigenvalue weighted by Gasteiger charge is 2.10. The summed E-state index contributed by atoms with van der Waals surface area (Å²) in [5.41, 5.74) is 3.49. The second-order valence-electron chi connectivity index (χ2n) is 5.55. The van der Waals surface area contributed by atoms with Crippen LogP contribution < -0.4 is 10.6 Å². The van der Waals surface area contributed by atoms with Gasteiger partial charge < -0.3 is 10.6 Å². The van der Waals surface area contributed by atoms with E-state index < -0.39 is 0 Å². The van der Waals surface area contributed by atoms with Crippen LogP contribution in [-0.2, 0) is 4.79 Å². The predicted molar refractivity (Wildman–Crippen MR) is 97.3 cm³/mol. The first-order valence-electron chi connectivity index (χ1n) is 7.87. The van der Waals surface area contributed by atoms with E-state index in [-0.39, 0.29) is 11.8 Å². The molecule has 0 aliphatic rings. The van der Waals surface area contributed by atoms with E-state index in [4.69, 9.17) is 11.6 Å². The van der Waals surface area contributed by atoms with Crippen molar-refractivity contribution in [2.75, 3.05) is 13.6 Å². The van der Waals surface area contributed by atoms with E-state index in [0.717, 1.165) is 16.7 Å². The Morgan fingerprint density at radius 2 is 1.88 bits per heavy atom. The highest BCUT2D eigenvalue weighted by atomic mass is 35.5. The summed E-state index contributed by atoms with van der Waals surface area (Å²) < 4.78 is 0. The molecular formula is C19H21ClN2O2. The number of benzene rings is 2. The van der Waals surface area contributed by atoms with Crippen molar-refractivity contribution in [2.45, 2.75) is 19.8 Å². The van der Waals surface area contributed by atoms with Crippen LogP contribution in [0.2, 0.25) is 5.02 Å². The number of halogens is 1. The first kappa shape index (κ1) is 18.0. The van der Waals surface area contributed by atoms with Gasteiger partial charge in [0.25, 0.3) is 5.91 Å². The Morgan fingerprint density at radius 1 is 1.12 bits per heavy atom. The van der Waals surface area contributed by atoms with Gasteiger partial charge in [-0.3, -0.25) is 9.59 Å². The fourth-order valence-electron chi connectivity index (χ4n) is 2.49. The summed E-state index contributed by atoms with van der Waals surface area (Å²) >= 11 is 6.30. The number of hydrogen-bond donors (Lipinski definition) is 2. The number of hydrogen-bond acceptors (Lipinski definition) is 2. The van der Waals surface area contributed by atoms with Gasteiger partial charge in [-0.1, -0.05) is 35.9 Å². The molecule has 0 unspecified atom stereocenters. The van der Waals surface area contributed by atoms with Crippen LogP contribution in [0.1, 0.15) is 28.8 Å². The van der Waals surface area contributed by atoms with Crippen molar-refractivity contribution in [3.8, 4) is 11.1 Å². The van der Waals surface area contributed by atoms with Crippen LogP contribution in [0.4, 0.5) is 0 Å². The topological polar surface area (TPSA) is 58.2 Å². The summed E-state index contributed by atoms with van der Waals surface area (Å²) in [6.07, 6.45) is 1.00. The maximum Gasteiger partial charge on any atom is 0.251 e. The highest BCUT2D eigenvalue weighted by Crippen LogP contribution is 2.31. The standard InChI is InChI=1S/C19H21ClN2O2/c1-13-6-3-9-16(20)18(13)14-7-4-8-15(12-14)19(24)22-11-5-10-17(23)21-2/h3-4,6-9,12H,5,10-11H2,1-2H3,(H,21,23)(H,22,24). The molecule has 0 fully saturated rings. The Labute approximate surface area is 147 Å². The summed E-state index contributed by atoms with van der Waals surface area (Å²) in [6, 6.07) is 13.1. The zero-order chi connectivity index (χ0) is 17.5. The van der Waals surface area contributed by atoms with Crippen LogP contribution in [-0.4, -0.2) is 25.4 Å². The smallest absolute Gasteiger partial charge is 0.251 e. The molecule has 0 spiro atoms. The van der Waals surface area contributed by atoms with Crippen LogP contribution in [0, 0.1) is 6.92 Å². The number of rotatable bonds is 6. The van der Waals surface area contributed by atoms with Gasteiger partial charge in [0.2, 0.25) is 5.91 Å². The van der Waals surface area contributed by atoms with Crippen molar-refractivity contribution in [1.82, 2.24) is 10.6 Å². The minimum absolute atomic E-state index is 0.0274. The minimum atomic E-state index is -0.154. The van der Waals surface area contributed by atoms with Crippen molar-refractivity contribution in [3.63, 3.8) is 0 Å². The molecule has 2 aromatic rings. The fourth-order valence-corrected chi connectivity index (χ4v) is 2.82. The molecule has 2 N–H and O–H groups in total. The second-order valence-corrected chi connectivity index (χ2v) is 5.95. The molecule has 0 saturated carbocycles. The molecular weight excluding hydrogens is 324 g/mol. The van der Waals surface area contributed by atoms with E-state index in [0.29, 0.717) is 30.0 Å². The maximum absolute atomic E-state index is 12.3. The van der Waals surface area contributed by atoms with E-state index in [1.807, 2.05) is 43.3 Å². The van der Waals surface area contributed by atoms with E-state index in [1.165, 1.54) is 0 Å². The van der Waals surface area contributed by atoms with Gasteiger partial charge in [-0.2, -0.15) is 0 Å². The van der Waals surface area contributed by atoms with Crippen LogP contribution in [0.15, 0.2) is 42.5 Å². The van der Waals surface area contributed by atoms with Gasteiger partial charge in [0.1, 0.15) is 0 Å². The summed E-state index contributed by atoms with van der Waals surface area (Å²) in [7, 11) is 1.60. The molecule has 0 heterocycles. The Kier molecular flexibility index (Phi) is 6.38. The molecule has 0 aromatic heterocycles. The zero-order valence-corrected chi connectivity index (χ0v) is 14.6. The molecule has 0 bridgehead atoms. The predicted octanol–water partition coefficient (Wildman–Crippen LogP) is 3.57. The summed E-state index contributed by atoms with van der Waals surface area (Å²) in [4.78, 5) is 23.4. The Morgan fingerprint density at radius 3 is 2.58 bits per heavy atom. The number of amides is 2. The number of nitrogens with one attached hydrogen (secondary N) is 2. The van der Waals surface area contributed by atoms with Gasteiger partial charge in [-0.25, -0.2) is 0 Å². The Hall–Kier alpha value is -2.33. The Balaban J connectivity index is 2.07. The fraction of sp³-hybridized carbons (Fsp3) is 0.263. The third-order valence-electron chi connectivity index (χ3n) is 3.78. The molecule has 0 aliphatic heterocycles. The van der Waals surface area contributed by atoms with Gasteiger partial charge in [-0.15, -0.1) is 0 Å². The highest BCUT2D eigenvalue weighted by molar-refractivity contribution is 6.33.